The second kappa shape index (κ2) is 6.66. The Hall–Kier alpha value is -1.97. The average Bonchev–Trinajstić information content (AvgIpc) is 3.17. The highest BCUT2D eigenvalue weighted by Gasteiger charge is 2.16. The molecule has 0 saturated heterocycles. The molecule has 0 atom stereocenters. The van der Waals surface area contributed by atoms with E-state index in [-0.39, 0.29) is 0 Å². The van der Waals surface area contributed by atoms with Crippen LogP contribution in [0.1, 0.15) is 38.4 Å². The Morgan fingerprint density at radius 1 is 1.24 bits per heavy atom. The highest BCUT2D eigenvalue weighted by Crippen LogP contribution is 2.25. The second-order valence-corrected chi connectivity index (χ2v) is 5.53. The highest BCUT2D eigenvalue weighted by molar-refractivity contribution is 5.46. The predicted octanol–water partition coefficient (Wildman–Crippen LogP) is 3.84. The van der Waals surface area contributed by atoms with Gasteiger partial charge in [0.25, 0.3) is 0 Å². The van der Waals surface area contributed by atoms with Crippen molar-refractivity contribution in [3.8, 4) is 5.75 Å². The Bertz CT molecular complexity index is 556. The van der Waals surface area contributed by atoms with Crippen LogP contribution in [0.5, 0.6) is 5.75 Å². The zero-order valence-electron chi connectivity index (χ0n) is 12.6. The minimum atomic E-state index is 0.417. The van der Waals surface area contributed by atoms with Crippen LogP contribution in [0, 0.1) is 0 Å². The molecule has 1 heterocycles. The van der Waals surface area contributed by atoms with Gasteiger partial charge in [0.05, 0.1) is 12.6 Å². The van der Waals surface area contributed by atoms with E-state index in [1.165, 1.54) is 25.7 Å². The van der Waals surface area contributed by atoms with Crippen LogP contribution in [-0.2, 0) is 13.1 Å². The first kappa shape index (κ1) is 14.0. The molecule has 1 saturated carbocycles. The second-order valence-electron chi connectivity index (χ2n) is 5.53. The summed E-state index contributed by atoms with van der Waals surface area (Å²) in [4.78, 5) is 4.36. The Labute approximate surface area is 126 Å². The highest BCUT2D eigenvalue weighted by atomic mass is 16.5. The Kier molecular flexibility index (Phi) is 4.43. The van der Waals surface area contributed by atoms with Crippen molar-refractivity contribution in [2.24, 2.45) is 0 Å². The molecule has 1 fully saturated rings. The molecule has 112 valence electrons. The van der Waals surface area contributed by atoms with Crippen LogP contribution in [0.15, 0.2) is 36.7 Å². The monoisotopic (exact) mass is 285 g/mol. The van der Waals surface area contributed by atoms with Crippen molar-refractivity contribution in [1.82, 2.24) is 9.55 Å². The van der Waals surface area contributed by atoms with Gasteiger partial charge in [0.2, 0.25) is 0 Å². The van der Waals surface area contributed by atoms with Gasteiger partial charge in [-0.3, -0.25) is 0 Å². The molecule has 1 aliphatic carbocycles. The summed E-state index contributed by atoms with van der Waals surface area (Å²) < 4.78 is 8.12. The minimum Gasteiger partial charge on any atom is -0.490 e. The Morgan fingerprint density at radius 2 is 2.00 bits per heavy atom. The van der Waals surface area contributed by atoms with E-state index in [0.717, 1.165) is 30.4 Å². The van der Waals surface area contributed by atoms with Gasteiger partial charge in [0.1, 0.15) is 11.6 Å². The maximum atomic E-state index is 5.97. The molecule has 2 aromatic rings. The summed E-state index contributed by atoms with van der Waals surface area (Å²) in [6, 6.07) is 8.24. The molecule has 1 aliphatic rings. The molecule has 0 amide bonds. The smallest absolute Gasteiger partial charge is 0.128 e. The molecular formula is C17H23N3O. The van der Waals surface area contributed by atoms with E-state index in [4.69, 9.17) is 4.74 Å². The predicted molar refractivity (Wildman–Crippen MR) is 84.6 cm³/mol. The lowest BCUT2D eigenvalue weighted by Crippen LogP contribution is -2.11. The number of imidazole rings is 1. The molecule has 21 heavy (non-hydrogen) atoms. The summed E-state index contributed by atoms with van der Waals surface area (Å²) in [6.45, 7) is 3.81. The van der Waals surface area contributed by atoms with Crippen molar-refractivity contribution < 1.29 is 4.74 Å². The van der Waals surface area contributed by atoms with Gasteiger partial charge in [-0.25, -0.2) is 4.98 Å². The van der Waals surface area contributed by atoms with Gasteiger partial charge in [-0.05, 0) is 56.9 Å². The Balaban J connectivity index is 1.54. The van der Waals surface area contributed by atoms with Crippen molar-refractivity contribution in [2.75, 3.05) is 5.32 Å². The molecule has 0 radical (unpaired) electrons. The molecule has 0 unspecified atom stereocenters. The van der Waals surface area contributed by atoms with E-state index in [1.54, 1.807) is 0 Å². The molecule has 1 aromatic heterocycles. The summed E-state index contributed by atoms with van der Waals surface area (Å²) in [6.07, 6.45) is 9.26. The van der Waals surface area contributed by atoms with Gasteiger partial charge in [-0.2, -0.15) is 0 Å². The van der Waals surface area contributed by atoms with E-state index in [2.05, 4.69) is 33.9 Å². The quantitative estimate of drug-likeness (QED) is 0.876. The van der Waals surface area contributed by atoms with Crippen molar-refractivity contribution in [2.45, 2.75) is 51.8 Å². The summed E-state index contributed by atoms with van der Waals surface area (Å²) in [7, 11) is 0. The lowest BCUT2D eigenvalue weighted by molar-refractivity contribution is 0.210. The summed E-state index contributed by atoms with van der Waals surface area (Å²) >= 11 is 0. The van der Waals surface area contributed by atoms with Crippen LogP contribution < -0.4 is 10.1 Å². The normalized spacial score (nSPS) is 15.3. The van der Waals surface area contributed by atoms with Gasteiger partial charge < -0.3 is 14.6 Å². The molecule has 1 N–H and O–H groups in total. The average molecular weight is 285 g/mol. The maximum absolute atomic E-state index is 5.97. The van der Waals surface area contributed by atoms with Crippen LogP contribution in [0.3, 0.4) is 0 Å². The van der Waals surface area contributed by atoms with Gasteiger partial charge in [0.15, 0.2) is 0 Å². The number of aryl methyl sites for hydroxylation is 1. The van der Waals surface area contributed by atoms with Crippen molar-refractivity contribution in [3.63, 3.8) is 0 Å². The van der Waals surface area contributed by atoms with Crippen LogP contribution in [0.25, 0.3) is 0 Å². The molecule has 0 aliphatic heterocycles. The molecule has 0 bridgehead atoms. The van der Waals surface area contributed by atoms with E-state index in [9.17, 15) is 0 Å². The lowest BCUT2D eigenvalue weighted by atomic mass is 10.2. The summed E-state index contributed by atoms with van der Waals surface area (Å²) in [5.41, 5.74) is 1.10. The van der Waals surface area contributed by atoms with Crippen molar-refractivity contribution in [3.05, 3.63) is 42.5 Å². The number of nitrogens with one attached hydrogen (secondary N) is 1. The molecule has 4 nitrogen and oxygen atoms in total. The fourth-order valence-corrected chi connectivity index (χ4v) is 2.83. The van der Waals surface area contributed by atoms with Crippen LogP contribution in [0.4, 0.5) is 5.69 Å². The van der Waals surface area contributed by atoms with Crippen LogP contribution in [0.2, 0.25) is 0 Å². The molecule has 3 rings (SSSR count). The number of aromatic nitrogens is 2. The van der Waals surface area contributed by atoms with Crippen LogP contribution >= 0.6 is 0 Å². The van der Waals surface area contributed by atoms with Crippen molar-refractivity contribution in [1.29, 1.82) is 0 Å². The van der Waals surface area contributed by atoms with E-state index < -0.39 is 0 Å². The zero-order chi connectivity index (χ0) is 14.5. The lowest BCUT2D eigenvalue weighted by Gasteiger charge is -2.13. The number of hydrogen-bond acceptors (Lipinski definition) is 3. The molecule has 4 heteroatoms. The first-order valence-electron chi connectivity index (χ1n) is 7.86. The first-order valence-corrected chi connectivity index (χ1v) is 7.86. The molecule has 1 aromatic carbocycles. The number of ether oxygens (including phenoxy) is 1. The number of rotatable bonds is 6. The number of benzene rings is 1. The summed E-state index contributed by atoms with van der Waals surface area (Å²) in [5.74, 6) is 2.03. The van der Waals surface area contributed by atoms with Crippen LogP contribution in [-0.4, -0.2) is 15.7 Å². The molecule has 0 spiro atoms. The summed E-state index contributed by atoms with van der Waals surface area (Å²) in [5, 5.41) is 3.40. The van der Waals surface area contributed by atoms with E-state index in [0.29, 0.717) is 6.10 Å². The first-order chi connectivity index (χ1) is 10.3. The minimum absolute atomic E-state index is 0.417. The third kappa shape index (κ3) is 3.57. The number of nitrogens with zero attached hydrogens (tertiary/aromatic N) is 2. The number of anilines is 1. The zero-order valence-corrected chi connectivity index (χ0v) is 12.6. The van der Waals surface area contributed by atoms with Gasteiger partial charge >= 0.3 is 0 Å². The maximum Gasteiger partial charge on any atom is 0.128 e. The largest absolute Gasteiger partial charge is 0.490 e. The van der Waals surface area contributed by atoms with E-state index >= 15 is 0 Å². The van der Waals surface area contributed by atoms with Gasteiger partial charge in [-0.15, -0.1) is 0 Å². The molecular weight excluding hydrogens is 262 g/mol. The third-order valence-electron chi connectivity index (χ3n) is 4.05. The van der Waals surface area contributed by atoms with Crippen molar-refractivity contribution >= 4 is 5.69 Å². The SMILES string of the molecule is CCn1ccnc1CNc1ccc(OC2CCCC2)cc1. The fraction of sp³-hybridized carbons (Fsp3) is 0.471. The topological polar surface area (TPSA) is 39.1 Å². The standard InChI is InChI=1S/C17H23N3O/c1-2-20-12-11-18-17(20)13-19-14-7-9-16(10-8-14)21-15-5-3-4-6-15/h7-12,15,19H,2-6,13H2,1H3. The van der Waals surface area contributed by atoms with Gasteiger partial charge in [0, 0.05) is 24.6 Å². The number of hydrogen-bond donors (Lipinski definition) is 1. The third-order valence-corrected chi connectivity index (χ3v) is 4.05. The van der Waals surface area contributed by atoms with Gasteiger partial charge in [-0.1, -0.05) is 0 Å². The van der Waals surface area contributed by atoms with E-state index in [1.807, 2.05) is 24.5 Å². The fourth-order valence-electron chi connectivity index (χ4n) is 2.83. The Morgan fingerprint density at radius 3 is 2.71 bits per heavy atom.